The molecule has 1 aromatic heterocycles. The Morgan fingerprint density at radius 1 is 1.25 bits per heavy atom. The quantitative estimate of drug-likeness (QED) is 0.853. The Labute approximate surface area is 164 Å². The first-order valence-corrected chi connectivity index (χ1v) is 9.42. The SMILES string of the molecule is CCOC(=O)N1CCC(NC(=O)c2cc(-c3cccc(OC)c3)nn2C)CC1. The van der Waals surface area contributed by atoms with Gasteiger partial charge in [0.05, 0.1) is 19.4 Å². The van der Waals surface area contributed by atoms with Gasteiger partial charge >= 0.3 is 6.09 Å². The molecule has 150 valence electrons. The fraction of sp³-hybridized carbons (Fsp3) is 0.450. The summed E-state index contributed by atoms with van der Waals surface area (Å²) in [7, 11) is 3.37. The molecule has 2 aromatic rings. The number of aromatic nitrogens is 2. The highest BCUT2D eigenvalue weighted by molar-refractivity contribution is 5.94. The van der Waals surface area contributed by atoms with E-state index in [9.17, 15) is 9.59 Å². The Bertz CT molecular complexity index is 840. The Kier molecular flexibility index (Phi) is 6.18. The summed E-state index contributed by atoms with van der Waals surface area (Å²) >= 11 is 0. The van der Waals surface area contributed by atoms with Gasteiger partial charge in [-0.2, -0.15) is 5.10 Å². The first kappa shape index (κ1) is 19.7. The molecule has 0 atom stereocenters. The highest BCUT2D eigenvalue weighted by Gasteiger charge is 2.25. The number of nitrogens with zero attached hydrogens (tertiary/aromatic N) is 3. The summed E-state index contributed by atoms with van der Waals surface area (Å²) in [5, 5.41) is 7.51. The molecule has 2 amide bonds. The number of aryl methyl sites for hydroxylation is 1. The lowest BCUT2D eigenvalue weighted by atomic mass is 10.1. The van der Waals surface area contributed by atoms with Crippen LogP contribution in [0.15, 0.2) is 30.3 Å². The molecule has 1 fully saturated rings. The van der Waals surface area contributed by atoms with E-state index in [0.717, 1.165) is 11.3 Å². The van der Waals surface area contributed by atoms with E-state index in [1.807, 2.05) is 24.3 Å². The highest BCUT2D eigenvalue weighted by Crippen LogP contribution is 2.23. The van der Waals surface area contributed by atoms with Gasteiger partial charge in [-0.15, -0.1) is 0 Å². The fourth-order valence-corrected chi connectivity index (χ4v) is 3.28. The average Bonchev–Trinajstić information content (AvgIpc) is 3.10. The van der Waals surface area contributed by atoms with Gasteiger partial charge in [-0.25, -0.2) is 4.79 Å². The number of piperidine rings is 1. The molecule has 8 nitrogen and oxygen atoms in total. The zero-order chi connectivity index (χ0) is 20.1. The van der Waals surface area contributed by atoms with E-state index in [-0.39, 0.29) is 18.0 Å². The summed E-state index contributed by atoms with van der Waals surface area (Å²) in [5.41, 5.74) is 2.09. The lowest BCUT2D eigenvalue weighted by molar-refractivity contribution is 0.0854. The van der Waals surface area contributed by atoms with Crippen molar-refractivity contribution in [2.75, 3.05) is 26.8 Å². The molecule has 1 aliphatic rings. The summed E-state index contributed by atoms with van der Waals surface area (Å²) in [5.74, 6) is 0.571. The molecule has 1 N–H and O–H groups in total. The number of benzene rings is 1. The van der Waals surface area contributed by atoms with Crippen LogP contribution in [0.25, 0.3) is 11.3 Å². The van der Waals surface area contributed by atoms with E-state index in [2.05, 4.69) is 10.4 Å². The molecular formula is C20H26N4O4. The van der Waals surface area contributed by atoms with Crippen molar-refractivity contribution >= 4 is 12.0 Å². The Hall–Kier alpha value is -3.03. The van der Waals surface area contributed by atoms with Crippen LogP contribution in [0, 0.1) is 0 Å². The van der Waals surface area contributed by atoms with Gasteiger partial charge in [0.15, 0.2) is 0 Å². The van der Waals surface area contributed by atoms with E-state index in [4.69, 9.17) is 9.47 Å². The predicted molar refractivity (Wildman–Crippen MR) is 104 cm³/mol. The summed E-state index contributed by atoms with van der Waals surface area (Å²) < 4.78 is 11.9. The van der Waals surface area contributed by atoms with Crippen molar-refractivity contribution in [2.24, 2.45) is 7.05 Å². The van der Waals surface area contributed by atoms with E-state index < -0.39 is 0 Å². The van der Waals surface area contributed by atoms with E-state index in [0.29, 0.717) is 43.9 Å². The van der Waals surface area contributed by atoms with Crippen molar-refractivity contribution in [1.82, 2.24) is 20.0 Å². The molecule has 0 unspecified atom stereocenters. The fourth-order valence-electron chi connectivity index (χ4n) is 3.28. The summed E-state index contributed by atoms with van der Waals surface area (Å²) in [4.78, 5) is 26.2. The normalized spacial score (nSPS) is 14.6. The van der Waals surface area contributed by atoms with Crippen molar-refractivity contribution in [3.8, 4) is 17.0 Å². The third kappa shape index (κ3) is 4.44. The predicted octanol–water partition coefficient (Wildman–Crippen LogP) is 2.45. The van der Waals surface area contributed by atoms with Crippen molar-refractivity contribution in [2.45, 2.75) is 25.8 Å². The van der Waals surface area contributed by atoms with Gasteiger partial charge in [-0.3, -0.25) is 9.48 Å². The number of hydrogen-bond donors (Lipinski definition) is 1. The summed E-state index contributed by atoms with van der Waals surface area (Å²) in [6.45, 7) is 3.30. The van der Waals surface area contributed by atoms with Gasteiger partial charge in [0.2, 0.25) is 0 Å². The monoisotopic (exact) mass is 386 g/mol. The lowest BCUT2D eigenvalue weighted by Crippen LogP contribution is -2.47. The van der Waals surface area contributed by atoms with E-state index >= 15 is 0 Å². The van der Waals surface area contributed by atoms with Crippen molar-refractivity contribution in [3.63, 3.8) is 0 Å². The summed E-state index contributed by atoms with van der Waals surface area (Å²) in [6, 6.07) is 9.36. The van der Waals surface area contributed by atoms with Gasteiger partial charge in [0.1, 0.15) is 11.4 Å². The first-order valence-electron chi connectivity index (χ1n) is 9.42. The number of likely N-dealkylation sites (tertiary alicyclic amines) is 1. The highest BCUT2D eigenvalue weighted by atomic mass is 16.6. The largest absolute Gasteiger partial charge is 0.497 e. The summed E-state index contributed by atoms with van der Waals surface area (Å²) in [6.07, 6.45) is 1.11. The Morgan fingerprint density at radius 3 is 2.68 bits per heavy atom. The van der Waals surface area contributed by atoms with Gasteiger partial charge in [0, 0.05) is 31.7 Å². The molecule has 1 aromatic carbocycles. The van der Waals surface area contributed by atoms with E-state index in [1.54, 1.807) is 36.7 Å². The van der Waals surface area contributed by atoms with Gasteiger partial charge in [-0.05, 0) is 38.0 Å². The van der Waals surface area contributed by atoms with Crippen LogP contribution < -0.4 is 10.1 Å². The molecule has 2 heterocycles. The standard InChI is InChI=1S/C20H26N4O4/c1-4-28-20(26)24-10-8-15(9-11-24)21-19(25)18-13-17(22-23(18)2)14-6-5-7-16(12-14)27-3/h5-7,12-13,15H,4,8-11H2,1-3H3,(H,21,25). The van der Waals surface area contributed by atoms with Crippen LogP contribution >= 0.6 is 0 Å². The molecule has 0 spiro atoms. The molecule has 8 heteroatoms. The van der Waals surface area contributed by atoms with Gasteiger partial charge < -0.3 is 19.7 Å². The zero-order valence-electron chi connectivity index (χ0n) is 16.5. The second kappa shape index (κ2) is 8.77. The van der Waals surface area contributed by atoms with Gasteiger partial charge in [0.25, 0.3) is 5.91 Å². The Morgan fingerprint density at radius 2 is 2.00 bits per heavy atom. The van der Waals surface area contributed by atoms with Crippen LogP contribution in [-0.2, 0) is 11.8 Å². The van der Waals surface area contributed by atoms with Gasteiger partial charge in [-0.1, -0.05) is 12.1 Å². The number of ether oxygens (including phenoxy) is 2. The van der Waals surface area contributed by atoms with Crippen molar-refractivity contribution in [1.29, 1.82) is 0 Å². The maximum absolute atomic E-state index is 12.7. The molecular weight excluding hydrogens is 360 g/mol. The van der Waals surface area contributed by atoms with Crippen LogP contribution in [0.3, 0.4) is 0 Å². The number of hydrogen-bond acceptors (Lipinski definition) is 5. The Balaban J connectivity index is 1.62. The minimum Gasteiger partial charge on any atom is -0.497 e. The minimum absolute atomic E-state index is 0.0216. The molecule has 3 rings (SSSR count). The number of rotatable bonds is 5. The van der Waals surface area contributed by atoms with Crippen LogP contribution in [-0.4, -0.2) is 59.5 Å². The van der Waals surface area contributed by atoms with Crippen LogP contribution in [0.5, 0.6) is 5.75 Å². The third-order valence-corrected chi connectivity index (χ3v) is 4.83. The number of methoxy groups -OCH3 is 1. The first-order chi connectivity index (χ1) is 13.5. The molecule has 0 aliphatic carbocycles. The van der Waals surface area contributed by atoms with Crippen molar-refractivity contribution < 1.29 is 19.1 Å². The number of nitrogens with one attached hydrogen (secondary N) is 1. The number of carbonyl (C=O) groups is 2. The van der Waals surface area contributed by atoms with Crippen LogP contribution in [0.4, 0.5) is 4.79 Å². The average molecular weight is 386 g/mol. The molecule has 0 radical (unpaired) electrons. The maximum Gasteiger partial charge on any atom is 0.409 e. The smallest absolute Gasteiger partial charge is 0.409 e. The van der Waals surface area contributed by atoms with Crippen LogP contribution in [0.1, 0.15) is 30.3 Å². The topological polar surface area (TPSA) is 85.7 Å². The molecule has 0 saturated carbocycles. The molecule has 28 heavy (non-hydrogen) atoms. The second-order valence-electron chi connectivity index (χ2n) is 6.70. The number of amides is 2. The molecule has 0 bridgehead atoms. The lowest BCUT2D eigenvalue weighted by Gasteiger charge is -2.31. The van der Waals surface area contributed by atoms with Crippen molar-refractivity contribution in [3.05, 3.63) is 36.0 Å². The molecule has 1 aliphatic heterocycles. The number of carbonyl (C=O) groups excluding carboxylic acids is 2. The van der Waals surface area contributed by atoms with E-state index in [1.165, 1.54) is 0 Å². The zero-order valence-corrected chi connectivity index (χ0v) is 16.5. The molecule has 1 saturated heterocycles. The third-order valence-electron chi connectivity index (χ3n) is 4.83. The second-order valence-corrected chi connectivity index (χ2v) is 6.70. The maximum atomic E-state index is 12.7. The van der Waals surface area contributed by atoms with Crippen LogP contribution in [0.2, 0.25) is 0 Å². The minimum atomic E-state index is -0.290.